The van der Waals surface area contributed by atoms with E-state index in [1.165, 1.54) is 11.8 Å². The van der Waals surface area contributed by atoms with Crippen molar-refractivity contribution in [2.75, 3.05) is 19.5 Å². The largest absolute Gasteiger partial charge is 0.497 e. The number of carbonyl (C=O) groups is 1. The number of hydrogen-bond acceptors (Lipinski definition) is 5. The summed E-state index contributed by atoms with van der Waals surface area (Å²) in [6, 6.07) is 17.8. The van der Waals surface area contributed by atoms with Crippen LogP contribution in [0.15, 0.2) is 66.0 Å². The zero-order valence-corrected chi connectivity index (χ0v) is 15.5. The van der Waals surface area contributed by atoms with Crippen molar-refractivity contribution in [2.24, 2.45) is 0 Å². The zero-order valence-electron chi connectivity index (χ0n) is 14.7. The molecule has 0 aliphatic heterocycles. The van der Waals surface area contributed by atoms with Crippen molar-refractivity contribution in [2.45, 2.75) is 12.1 Å². The number of ether oxygens (including phenoxy) is 2. The Bertz CT molecular complexity index is 861. The number of imidazole rings is 1. The molecule has 3 aromatic rings. The fourth-order valence-electron chi connectivity index (χ4n) is 2.55. The lowest BCUT2D eigenvalue weighted by molar-refractivity contribution is -0.139. The number of hydrogen-bond donors (Lipinski definition) is 0. The van der Waals surface area contributed by atoms with Gasteiger partial charge in [-0.15, -0.1) is 0 Å². The number of nitrogens with zero attached hydrogens (tertiary/aromatic N) is 2. The van der Waals surface area contributed by atoms with Crippen LogP contribution in [0.4, 0.5) is 0 Å². The van der Waals surface area contributed by atoms with Gasteiger partial charge in [-0.2, -0.15) is 0 Å². The summed E-state index contributed by atoms with van der Waals surface area (Å²) in [5.74, 6) is 0.780. The van der Waals surface area contributed by atoms with E-state index in [0.29, 0.717) is 6.61 Å². The van der Waals surface area contributed by atoms with E-state index in [9.17, 15) is 4.79 Å². The predicted octanol–water partition coefficient (Wildman–Crippen LogP) is 4.20. The van der Waals surface area contributed by atoms with Crippen molar-refractivity contribution in [3.8, 4) is 22.7 Å². The van der Waals surface area contributed by atoms with Crippen molar-refractivity contribution < 1.29 is 14.3 Å². The quantitative estimate of drug-likeness (QED) is 0.462. The van der Waals surface area contributed by atoms with E-state index >= 15 is 0 Å². The number of rotatable bonds is 7. The van der Waals surface area contributed by atoms with Crippen LogP contribution in [0.2, 0.25) is 0 Å². The Morgan fingerprint density at radius 1 is 1.12 bits per heavy atom. The Labute approximate surface area is 157 Å². The van der Waals surface area contributed by atoms with E-state index in [4.69, 9.17) is 9.47 Å². The van der Waals surface area contributed by atoms with E-state index in [2.05, 4.69) is 4.98 Å². The molecule has 2 aromatic carbocycles. The molecule has 0 aliphatic carbocycles. The standard InChI is InChI=1S/C20H20N2O3S/c1-3-25-19(23)14-26-20-21-13-18(15-9-11-17(24-2)12-10-15)22(20)16-7-5-4-6-8-16/h4-13H,3,14H2,1-2H3. The summed E-state index contributed by atoms with van der Waals surface area (Å²) in [5.41, 5.74) is 2.96. The van der Waals surface area contributed by atoms with Gasteiger partial charge in [-0.3, -0.25) is 9.36 Å². The van der Waals surface area contributed by atoms with Crippen molar-refractivity contribution >= 4 is 17.7 Å². The summed E-state index contributed by atoms with van der Waals surface area (Å²) in [7, 11) is 1.65. The van der Waals surface area contributed by atoms with E-state index in [0.717, 1.165) is 27.9 Å². The van der Waals surface area contributed by atoms with Gasteiger partial charge in [-0.1, -0.05) is 30.0 Å². The first-order valence-corrected chi connectivity index (χ1v) is 9.27. The Kier molecular flexibility index (Phi) is 5.96. The molecule has 0 radical (unpaired) electrons. The summed E-state index contributed by atoms with van der Waals surface area (Å²) in [6.07, 6.45) is 1.82. The second kappa shape index (κ2) is 8.58. The smallest absolute Gasteiger partial charge is 0.316 e. The first-order chi connectivity index (χ1) is 12.7. The fraction of sp³-hybridized carbons (Fsp3) is 0.200. The van der Waals surface area contributed by atoms with Crippen LogP contribution >= 0.6 is 11.8 Å². The highest BCUT2D eigenvalue weighted by molar-refractivity contribution is 7.99. The second-order valence-electron chi connectivity index (χ2n) is 5.42. The molecule has 0 saturated heterocycles. The topological polar surface area (TPSA) is 53.4 Å². The lowest BCUT2D eigenvalue weighted by Crippen LogP contribution is -2.08. The first kappa shape index (κ1) is 18.1. The van der Waals surface area contributed by atoms with Gasteiger partial charge < -0.3 is 9.47 Å². The Balaban J connectivity index is 1.97. The van der Waals surface area contributed by atoms with E-state index < -0.39 is 0 Å². The van der Waals surface area contributed by atoms with Gasteiger partial charge >= 0.3 is 5.97 Å². The van der Waals surface area contributed by atoms with Gasteiger partial charge in [0.15, 0.2) is 5.16 Å². The van der Waals surface area contributed by atoms with Crippen LogP contribution in [0.1, 0.15) is 6.92 Å². The highest BCUT2D eigenvalue weighted by Gasteiger charge is 2.15. The predicted molar refractivity (Wildman–Crippen MR) is 103 cm³/mol. The van der Waals surface area contributed by atoms with Crippen molar-refractivity contribution in [3.05, 3.63) is 60.8 Å². The van der Waals surface area contributed by atoms with Gasteiger partial charge in [0, 0.05) is 11.3 Å². The summed E-state index contributed by atoms with van der Waals surface area (Å²) < 4.78 is 12.3. The minimum Gasteiger partial charge on any atom is -0.497 e. The van der Waals surface area contributed by atoms with Crippen LogP contribution in [-0.4, -0.2) is 35.0 Å². The maximum Gasteiger partial charge on any atom is 0.316 e. The SMILES string of the molecule is CCOC(=O)CSc1ncc(-c2ccc(OC)cc2)n1-c1ccccc1. The molecule has 0 saturated carbocycles. The Hall–Kier alpha value is -2.73. The van der Waals surface area contributed by atoms with Crippen LogP contribution in [-0.2, 0) is 9.53 Å². The van der Waals surface area contributed by atoms with Gasteiger partial charge in [0.25, 0.3) is 0 Å². The molecule has 1 aromatic heterocycles. The molecule has 0 amide bonds. The fourth-order valence-corrected chi connectivity index (χ4v) is 3.35. The molecule has 0 N–H and O–H groups in total. The van der Waals surface area contributed by atoms with Crippen LogP contribution in [0.3, 0.4) is 0 Å². The molecular formula is C20H20N2O3S. The number of para-hydroxylation sites is 1. The van der Waals surface area contributed by atoms with Gasteiger partial charge in [0.1, 0.15) is 5.75 Å². The van der Waals surface area contributed by atoms with Crippen LogP contribution in [0.25, 0.3) is 16.9 Å². The summed E-state index contributed by atoms with van der Waals surface area (Å²) >= 11 is 1.37. The molecule has 1 heterocycles. The lowest BCUT2D eigenvalue weighted by Gasteiger charge is -2.12. The molecule has 0 atom stereocenters. The first-order valence-electron chi connectivity index (χ1n) is 8.29. The second-order valence-corrected chi connectivity index (χ2v) is 6.36. The van der Waals surface area contributed by atoms with Crippen molar-refractivity contribution in [3.63, 3.8) is 0 Å². The average molecular weight is 368 g/mol. The zero-order chi connectivity index (χ0) is 18.4. The molecule has 5 nitrogen and oxygen atoms in total. The number of aromatic nitrogens is 2. The number of benzene rings is 2. The minimum absolute atomic E-state index is 0.222. The van der Waals surface area contributed by atoms with Crippen LogP contribution in [0, 0.1) is 0 Å². The third-order valence-corrected chi connectivity index (χ3v) is 4.68. The van der Waals surface area contributed by atoms with E-state index in [1.807, 2.05) is 65.4 Å². The number of carbonyl (C=O) groups excluding carboxylic acids is 1. The molecule has 0 aliphatic rings. The molecule has 3 rings (SSSR count). The molecule has 0 fully saturated rings. The Morgan fingerprint density at radius 3 is 2.50 bits per heavy atom. The highest BCUT2D eigenvalue weighted by atomic mass is 32.2. The Morgan fingerprint density at radius 2 is 1.85 bits per heavy atom. The molecule has 26 heavy (non-hydrogen) atoms. The maximum atomic E-state index is 11.7. The molecule has 0 bridgehead atoms. The normalized spacial score (nSPS) is 10.5. The third-order valence-electron chi connectivity index (χ3n) is 3.75. The third kappa shape index (κ3) is 4.08. The molecule has 0 unspecified atom stereocenters. The molecule has 0 spiro atoms. The van der Waals surface area contributed by atoms with E-state index in [-0.39, 0.29) is 11.7 Å². The monoisotopic (exact) mass is 368 g/mol. The number of thioether (sulfide) groups is 1. The van der Waals surface area contributed by atoms with Gasteiger partial charge in [-0.25, -0.2) is 4.98 Å². The summed E-state index contributed by atoms with van der Waals surface area (Å²) in [4.78, 5) is 16.2. The highest BCUT2D eigenvalue weighted by Crippen LogP contribution is 2.30. The maximum absolute atomic E-state index is 11.7. The summed E-state index contributed by atoms with van der Waals surface area (Å²) in [6.45, 7) is 2.18. The van der Waals surface area contributed by atoms with Gasteiger partial charge in [-0.05, 0) is 43.3 Å². The summed E-state index contributed by atoms with van der Waals surface area (Å²) in [5, 5.41) is 0.745. The van der Waals surface area contributed by atoms with E-state index in [1.54, 1.807) is 14.0 Å². The number of methoxy groups -OCH3 is 1. The van der Waals surface area contributed by atoms with Crippen molar-refractivity contribution in [1.29, 1.82) is 0 Å². The molecule has 6 heteroatoms. The average Bonchev–Trinajstić information content (AvgIpc) is 3.11. The van der Waals surface area contributed by atoms with Crippen LogP contribution < -0.4 is 4.74 Å². The lowest BCUT2D eigenvalue weighted by atomic mass is 10.1. The van der Waals surface area contributed by atoms with Crippen molar-refractivity contribution in [1.82, 2.24) is 9.55 Å². The van der Waals surface area contributed by atoms with Gasteiger partial charge in [0.05, 0.1) is 31.4 Å². The molecular weight excluding hydrogens is 348 g/mol. The minimum atomic E-state index is -0.244. The van der Waals surface area contributed by atoms with Gasteiger partial charge in [0.2, 0.25) is 0 Å². The molecule has 134 valence electrons. The van der Waals surface area contributed by atoms with Crippen LogP contribution in [0.5, 0.6) is 5.75 Å². The number of esters is 1.